The molecule has 0 amide bonds. The molecule has 0 aliphatic heterocycles. The minimum atomic E-state index is -0.505. The fourth-order valence-electron chi connectivity index (χ4n) is 1.36. The van der Waals surface area contributed by atoms with Crippen LogP contribution in [0.2, 0.25) is 0 Å². The monoisotopic (exact) mass is 238 g/mol. The zero-order valence-electron chi connectivity index (χ0n) is 10.1. The summed E-state index contributed by atoms with van der Waals surface area (Å²) >= 11 is 0. The third kappa shape index (κ3) is 4.16. The summed E-state index contributed by atoms with van der Waals surface area (Å²) in [4.78, 5) is 0. The molecule has 1 rings (SSSR count). The number of halogens is 2. The van der Waals surface area contributed by atoms with Gasteiger partial charge in [0.05, 0.1) is 12.2 Å². The number of benzene rings is 1. The number of hydrogen-bond acceptors (Lipinski definition) is 1. The van der Waals surface area contributed by atoms with Crippen LogP contribution in [0.1, 0.15) is 37.8 Å². The van der Waals surface area contributed by atoms with Crippen LogP contribution in [0.15, 0.2) is 12.1 Å². The minimum Gasteiger partial charge on any atom is -0.377 e. The van der Waals surface area contributed by atoms with Crippen LogP contribution in [0.4, 0.5) is 8.78 Å². The van der Waals surface area contributed by atoms with Crippen LogP contribution in [0.3, 0.4) is 0 Å². The molecule has 0 saturated heterocycles. The third-order valence-electron chi connectivity index (χ3n) is 2.30. The molecule has 0 aliphatic carbocycles. The Balaban J connectivity index is 2.73. The minimum absolute atomic E-state index is 0.0855. The van der Waals surface area contributed by atoms with Crippen LogP contribution in [0.25, 0.3) is 0 Å². The first-order valence-corrected chi connectivity index (χ1v) is 5.67. The Morgan fingerprint density at radius 2 is 2.00 bits per heavy atom. The van der Waals surface area contributed by atoms with Gasteiger partial charge >= 0.3 is 0 Å². The van der Waals surface area contributed by atoms with Crippen molar-refractivity contribution in [3.05, 3.63) is 34.9 Å². The van der Waals surface area contributed by atoms with E-state index < -0.39 is 11.6 Å². The van der Waals surface area contributed by atoms with Gasteiger partial charge in [-0.1, -0.05) is 19.3 Å². The highest BCUT2D eigenvalue weighted by Crippen LogP contribution is 2.15. The van der Waals surface area contributed by atoms with E-state index in [0.29, 0.717) is 6.61 Å². The number of rotatable bonds is 5. The Kier molecular flexibility index (Phi) is 5.65. The van der Waals surface area contributed by atoms with E-state index in [-0.39, 0.29) is 17.7 Å². The lowest BCUT2D eigenvalue weighted by molar-refractivity contribution is 0.115. The maximum atomic E-state index is 13.5. The molecule has 0 aliphatic rings. The lowest BCUT2D eigenvalue weighted by Gasteiger charge is -2.06. The molecule has 1 aromatic rings. The third-order valence-corrected chi connectivity index (χ3v) is 2.30. The van der Waals surface area contributed by atoms with Crippen molar-refractivity contribution >= 4 is 0 Å². The van der Waals surface area contributed by atoms with Gasteiger partial charge in [-0.2, -0.15) is 0 Å². The van der Waals surface area contributed by atoms with E-state index in [1.165, 1.54) is 0 Å². The first-order valence-electron chi connectivity index (χ1n) is 5.67. The molecular formula is C14H16F2O. The van der Waals surface area contributed by atoms with E-state index >= 15 is 0 Å². The maximum absolute atomic E-state index is 13.5. The van der Waals surface area contributed by atoms with Crippen LogP contribution in [0.5, 0.6) is 0 Å². The second-order valence-corrected chi connectivity index (χ2v) is 3.70. The van der Waals surface area contributed by atoms with E-state index in [1.54, 1.807) is 6.92 Å². The highest BCUT2D eigenvalue weighted by atomic mass is 19.1. The normalized spacial score (nSPS) is 9.88. The molecule has 0 atom stereocenters. The van der Waals surface area contributed by atoms with Gasteiger partial charge < -0.3 is 4.74 Å². The predicted octanol–water partition coefficient (Wildman–Crippen LogP) is 3.65. The van der Waals surface area contributed by atoms with Crippen molar-refractivity contribution in [2.75, 3.05) is 6.61 Å². The molecule has 0 unspecified atom stereocenters. The van der Waals surface area contributed by atoms with E-state index in [4.69, 9.17) is 4.74 Å². The molecular weight excluding hydrogens is 222 g/mol. The summed E-state index contributed by atoms with van der Waals surface area (Å²) < 4.78 is 32.3. The molecule has 1 aromatic carbocycles. The Bertz CT molecular complexity index is 430. The molecule has 0 spiro atoms. The van der Waals surface area contributed by atoms with Crippen molar-refractivity contribution in [2.24, 2.45) is 0 Å². The van der Waals surface area contributed by atoms with E-state index in [1.807, 2.05) is 6.92 Å². The molecule has 0 radical (unpaired) electrons. The smallest absolute Gasteiger partial charge is 0.139 e. The van der Waals surface area contributed by atoms with Crippen LogP contribution >= 0.6 is 0 Å². The van der Waals surface area contributed by atoms with Crippen molar-refractivity contribution in [2.45, 2.75) is 33.3 Å². The highest BCUT2D eigenvalue weighted by Gasteiger charge is 2.08. The largest absolute Gasteiger partial charge is 0.377 e. The van der Waals surface area contributed by atoms with Crippen molar-refractivity contribution in [3.63, 3.8) is 0 Å². The summed E-state index contributed by atoms with van der Waals surface area (Å²) in [6.45, 7) is 4.29. The standard InChI is InChI=1S/C14H16F2O/c1-3-5-7-17-10-12-9-13(15)11(6-4-2)8-14(12)16/h8-9H,3,5,7,10H2,1-2H3. The Hall–Kier alpha value is -1.40. The summed E-state index contributed by atoms with van der Waals surface area (Å²) in [5, 5.41) is 0. The molecule has 0 bridgehead atoms. The summed E-state index contributed by atoms with van der Waals surface area (Å²) in [6, 6.07) is 2.27. The van der Waals surface area contributed by atoms with Gasteiger partial charge in [0, 0.05) is 12.2 Å². The Morgan fingerprint density at radius 1 is 1.24 bits per heavy atom. The molecule has 0 saturated carbocycles. The summed E-state index contributed by atoms with van der Waals surface area (Å²) in [5.41, 5.74) is 0.322. The Labute approximate surface area is 101 Å². The topological polar surface area (TPSA) is 9.23 Å². The molecule has 0 N–H and O–H groups in total. The molecule has 17 heavy (non-hydrogen) atoms. The first kappa shape index (κ1) is 13.7. The van der Waals surface area contributed by atoms with Crippen molar-refractivity contribution in [1.29, 1.82) is 0 Å². The van der Waals surface area contributed by atoms with Crippen molar-refractivity contribution in [3.8, 4) is 11.8 Å². The fraction of sp³-hybridized carbons (Fsp3) is 0.429. The molecule has 92 valence electrons. The van der Waals surface area contributed by atoms with Crippen molar-refractivity contribution < 1.29 is 13.5 Å². The number of ether oxygens (including phenoxy) is 1. The summed E-state index contributed by atoms with van der Waals surface area (Å²) in [5.74, 6) is 4.08. The zero-order chi connectivity index (χ0) is 12.7. The number of hydrogen-bond donors (Lipinski definition) is 0. The molecule has 1 nitrogen and oxygen atoms in total. The van der Waals surface area contributed by atoms with Gasteiger partial charge in [-0.25, -0.2) is 8.78 Å². The summed E-state index contributed by atoms with van der Waals surface area (Å²) in [7, 11) is 0. The van der Waals surface area contributed by atoms with Gasteiger partial charge in [0.15, 0.2) is 0 Å². The molecule has 0 heterocycles. The van der Waals surface area contributed by atoms with Gasteiger partial charge in [-0.3, -0.25) is 0 Å². The van der Waals surface area contributed by atoms with Gasteiger partial charge in [0.1, 0.15) is 11.6 Å². The first-order chi connectivity index (χ1) is 8.19. The summed E-state index contributed by atoms with van der Waals surface area (Å²) in [6.07, 6.45) is 1.94. The second-order valence-electron chi connectivity index (χ2n) is 3.70. The maximum Gasteiger partial charge on any atom is 0.139 e. The fourth-order valence-corrected chi connectivity index (χ4v) is 1.36. The van der Waals surface area contributed by atoms with Gasteiger partial charge in [-0.15, -0.1) is 5.92 Å². The lowest BCUT2D eigenvalue weighted by atomic mass is 10.1. The lowest BCUT2D eigenvalue weighted by Crippen LogP contribution is -2.00. The van der Waals surface area contributed by atoms with E-state index in [9.17, 15) is 8.78 Å². The molecule has 0 aromatic heterocycles. The molecule has 3 heteroatoms. The van der Waals surface area contributed by atoms with Crippen LogP contribution in [0, 0.1) is 23.5 Å². The van der Waals surface area contributed by atoms with Crippen molar-refractivity contribution in [1.82, 2.24) is 0 Å². The van der Waals surface area contributed by atoms with E-state index in [2.05, 4.69) is 11.8 Å². The van der Waals surface area contributed by atoms with Gasteiger partial charge in [0.2, 0.25) is 0 Å². The molecule has 0 fully saturated rings. The van der Waals surface area contributed by atoms with E-state index in [0.717, 1.165) is 25.0 Å². The average Bonchev–Trinajstić information content (AvgIpc) is 2.30. The predicted molar refractivity (Wildman–Crippen MR) is 63.5 cm³/mol. The van der Waals surface area contributed by atoms with Crippen LogP contribution in [-0.2, 0) is 11.3 Å². The van der Waals surface area contributed by atoms with Gasteiger partial charge in [-0.05, 0) is 25.5 Å². The van der Waals surface area contributed by atoms with Crippen LogP contribution in [-0.4, -0.2) is 6.61 Å². The second kappa shape index (κ2) is 7.03. The number of unbranched alkanes of at least 4 members (excludes halogenated alkanes) is 1. The zero-order valence-corrected chi connectivity index (χ0v) is 10.1. The highest BCUT2D eigenvalue weighted by molar-refractivity contribution is 5.38. The average molecular weight is 238 g/mol. The SMILES string of the molecule is CC#Cc1cc(F)c(COCCCC)cc1F. The quantitative estimate of drug-likeness (QED) is 0.562. The van der Waals surface area contributed by atoms with Crippen LogP contribution < -0.4 is 0 Å². The van der Waals surface area contributed by atoms with Gasteiger partial charge in [0.25, 0.3) is 0 Å². The Morgan fingerprint density at radius 3 is 2.65 bits per heavy atom.